The van der Waals surface area contributed by atoms with E-state index in [1.807, 2.05) is 13.8 Å². The van der Waals surface area contributed by atoms with Crippen LogP contribution in [0.4, 0.5) is 0 Å². The molecule has 14 heavy (non-hydrogen) atoms. The second kappa shape index (κ2) is 7.10. The van der Waals surface area contributed by atoms with Crippen molar-refractivity contribution >= 4 is 17.5 Å². The lowest BCUT2D eigenvalue weighted by Crippen LogP contribution is -2.35. The van der Waals surface area contributed by atoms with Gasteiger partial charge >= 0.3 is 0 Å². The molecule has 0 saturated heterocycles. The van der Waals surface area contributed by atoms with E-state index in [2.05, 4.69) is 19.2 Å². The Bertz CT molecular complexity index is 167. The van der Waals surface area contributed by atoms with E-state index in [1.165, 1.54) is 0 Å². The molecule has 3 heteroatoms. The Morgan fingerprint density at radius 3 is 2.14 bits per heavy atom. The highest BCUT2D eigenvalue weighted by Gasteiger charge is 2.16. The molecule has 1 amide bonds. The van der Waals surface area contributed by atoms with Crippen LogP contribution in [0.3, 0.4) is 0 Å². The number of rotatable bonds is 6. The lowest BCUT2D eigenvalue weighted by atomic mass is 9.99. The van der Waals surface area contributed by atoms with Crippen molar-refractivity contribution in [1.82, 2.24) is 5.32 Å². The average molecular weight is 220 g/mol. The molecule has 0 spiro atoms. The second-order valence-electron chi connectivity index (χ2n) is 3.99. The molecule has 0 bridgehead atoms. The van der Waals surface area contributed by atoms with Gasteiger partial charge in [0.1, 0.15) is 0 Å². The minimum absolute atomic E-state index is 0.0422. The number of hydrogen-bond donors (Lipinski definition) is 1. The van der Waals surface area contributed by atoms with Crippen LogP contribution in [0.2, 0.25) is 0 Å². The number of nitrogens with one attached hydrogen (secondary N) is 1. The van der Waals surface area contributed by atoms with E-state index >= 15 is 0 Å². The lowest BCUT2D eigenvalue weighted by molar-refractivity contribution is -0.124. The topological polar surface area (TPSA) is 29.1 Å². The van der Waals surface area contributed by atoms with Gasteiger partial charge in [-0.1, -0.05) is 40.5 Å². The molecule has 0 aromatic carbocycles. The zero-order valence-corrected chi connectivity index (χ0v) is 10.4. The van der Waals surface area contributed by atoms with E-state index < -0.39 is 0 Å². The zero-order valence-electron chi connectivity index (χ0n) is 9.64. The highest BCUT2D eigenvalue weighted by atomic mass is 35.5. The van der Waals surface area contributed by atoms with Crippen molar-refractivity contribution in [3.8, 4) is 0 Å². The molecule has 0 fully saturated rings. The summed E-state index contributed by atoms with van der Waals surface area (Å²) in [6.07, 6.45) is 2.14. The van der Waals surface area contributed by atoms with Crippen LogP contribution < -0.4 is 5.32 Å². The first-order valence-corrected chi connectivity index (χ1v) is 5.88. The number of alkyl halides is 1. The molecule has 1 N–H and O–H groups in total. The summed E-state index contributed by atoms with van der Waals surface area (Å²) in [5.41, 5.74) is 0. The average Bonchev–Trinajstić information content (AvgIpc) is 2.15. The van der Waals surface area contributed by atoms with Crippen LogP contribution in [0, 0.1) is 11.8 Å². The van der Waals surface area contributed by atoms with Crippen molar-refractivity contribution in [1.29, 1.82) is 0 Å². The molecule has 0 saturated carbocycles. The Balaban J connectivity index is 3.83. The van der Waals surface area contributed by atoms with Gasteiger partial charge < -0.3 is 5.32 Å². The van der Waals surface area contributed by atoms with Gasteiger partial charge in [-0.3, -0.25) is 4.79 Å². The molecule has 0 aromatic heterocycles. The van der Waals surface area contributed by atoms with Gasteiger partial charge in [0.2, 0.25) is 5.91 Å². The quantitative estimate of drug-likeness (QED) is 0.684. The third kappa shape index (κ3) is 4.85. The molecular weight excluding hydrogens is 198 g/mol. The van der Waals surface area contributed by atoms with Crippen LogP contribution in [-0.4, -0.2) is 17.8 Å². The molecule has 0 heterocycles. The zero-order chi connectivity index (χ0) is 11.1. The van der Waals surface area contributed by atoms with Gasteiger partial charge in [0.15, 0.2) is 0 Å². The number of carbonyl (C=O) groups is 1. The maximum Gasteiger partial charge on any atom is 0.222 e. The van der Waals surface area contributed by atoms with Crippen molar-refractivity contribution in [2.45, 2.75) is 45.9 Å². The van der Waals surface area contributed by atoms with Gasteiger partial charge in [0, 0.05) is 12.5 Å². The van der Waals surface area contributed by atoms with Crippen LogP contribution in [0.25, 0.3) is 0 Å². The third-order valence-corrected chi connectivity index (χ3v) is 3.07. The summed E-state index contributed by atoms with van der Waals surface area (Å²) in [6, 6.07) is 0. The van der Waals surface area contributed by atoms with Crippen molar-refractivity contribution < 1.29 is 4.79 Å². The smallest absolute Gasteiger partial charge is 0.222 e. The van der Waals surface area contributed by atoms with E-state index in [9.17, 15) is 4.79 Å². The molecule has 2 nitrogen and oxygen atoms in total. The van der Waals surface area contributed by atoms with Gasteiger partial charge in [0.05, 0.1) is 5.38 Å². The molecule has 0 aromatic rings. The summed E-state index contributed by atoms with van der Waals surface area (Å²) in [4.78, 5) is 11.3. The maximum absolute atomic E-state index is 11.3. The Labute approximate surface area is 92.4 Å². The van der Waals surface area contributed by atoms with Crippen molar-refractivity contribution in [2.24, 2.45) is 11.8 Å². The summed E-state index contributed by atoms with van der Waals surface area (Å²) in [7, 11) is 0. The summed E-state index contributed by atoms with van der Waals surface area (Å²) in [5, 5.41) is 2.92. The predicted molar refractivity (Wildman–Crippen MR) is 61.6 cm³/mol. The Kier molecular flexibility index (Phi) is 6.98. The Morgan fingerprint density at radius 1 is 1.29 bits per heavy atom. The standard InChI is InChI=1S/C11H22ClNO/c1-5-9(6-2)10(12)7-13-11(14)8(3)4/h8-10H,5-7H2,1-4H3,(H,13,14). The van der Waals surface area contributed by atoms with Gasteiger partial charge in [-0.2, -0.15) is 0 Å². The predicted octanol–water partition coefficient (Wildman–Crippen LogP) is 2.80. The fourth-order valence-electron chi connectivity index (χ4n) is 1.37. The normalized spacial score (nSPS) is 13.4. The summed E-state index contributed by atoms with van der Waals surface area (Å²) in [6.45, 7) is 8.62. The van der Waals surface area contributed by atoms with Crippen molar-refractivity contribution in [3.05, 3.63) is 0 Å². The SMILES string of the molecule is CCC(CC)C(Cl)CNC(=O)C(C)C. The van der Waals surface area contributed by atoms with Crippen LogP contribution in [-0.2, 0) is 4.79 Å². The number of hydrogen-bond acceptors (Lipinski definition) is 1. The first kappa shape index (κ1) is 13.8. The summed E-state index contributed by atoms with van der Waals surface area (Å²) in [5.74, 6) is 0.631. The fourth-order valence-corrected chi connectivity index (χ4v) is 1.80. The monoisotopic (exact) mass is 219 g/mol. The van der Waals surface area contributed by atoms with E-state index in [0.717, 1.165) is 12.8 Å². The largest absolute Gasteiger partial charge is 0.354 e. The van der Waals surface area contributed by atoms with Gasteiger partial charge in [-0.15, -0.1) is 11.6 Å². The minimum Gasteiger partial charge on any atom is -0.354 e. The first-order valence-electron chi connectivity index (χ1n) is 5.44. The minimum atomic E-state index is 0.0422. The van der Waals surface area contributed by atoms with Crippen molar-refractivity contribution in [2.75, 3.05) is 6.54 Å². The molecule has 84 valence electrons. The molecule has 0 rings (SSSR count). The molecular formula is C11H22ClNO. The maximum atomic E-state index is 11.3. The Hall–Kier alpha value is -0.240. The van der Waals surface area contributed by atoms with Crippen molar-refractivity contribution in [3.63, 3.8) is 0 Å². The van der Waals surface area contributed by atoms with E-state index in [4.69, 9.17) is 11.6 Å². The highest BCUT2D eigenvalue weighted by molar-refractivity contribution is 6.21. The number of halogens is 1. The molecule has 1 atom stereocenters. The Morgan fingerprint density at radius 2 is 1.79 bits per heavy atom. The van der Waals surface area contributed by atoms with Gasteiger partial charge in [-0.05, 0) is 5.92 Å². The first-order chi connectivity index (χ1) is 6.52. The van der Waals surface area contributed by atoms with Crippen LogP contribution in [0.5, 0.6) is 0 Å². The molecule has 0 aliphatic rings. The second-order valence-corrected chi connectivity index (χ2v) is 4.55. The lowest BCUT2D eigenvalue weighted by Gasteiger charge is -2.20. The molecule has 0 radical (unpaired) electrons. The molecule has 1 unspecified atom stereocenters. The number of carbonyl (C=O) groups excluding carboxylic acids is 1. The van der Waals surface area contributed by atoms with Crippen LogP contribution in [0.15, 0.2) is 0 Å². The molecule has 0 aliphatic heterocycles. The third-order valence-electron chi connectivity index (χ3n) is 2.56. The van der Waals surface area contributed by atoms with Crippen LogP contribution >= 0.6 is 11.6 Å². The van der Waals surface area contributed by atoms with E-state index in [1.54, 1.807) is 0 Å². The summed E-state index contributed by atoms with van der Waals surface area (Å²) < 4.78 is 0. The van der Waals surface area contributed by atoms with E-state index in [0.29, 0.717) is 12.5 Å². The summed E-state index contributed by atoms with van der Waals surface area (Å²) >= 11 is 6.18. The van der Waals surface area contributed by atoms with E-state index in [-0.39, 0.29) is 17.2 Å². The fraction of sp³-hybridized carbons (Fsp3) is 0.909. The highest BCUT2D eigenvalue weighted by Crippen LogP contribution is 2.17. The van der Waals surface area contributed by atoms with Gasteiger partial charge in [0.25, 0.3) is 0 Å². The molecule has 0 aliphatic carbocycles. The number of amides is 1. The van der Waals surface area contributed by atoms with Gasteiger partial charge in [-0.25, -0.2) is 0 Å². The van der Waals surface area contributed by atoms with Crippen LogP contribution in [0.1, 0.15) is 40.5 Å².